The number of aromatic nitrogens is 3. The molecule has 4 aliphatic rings. The third-order valence-corrected chi connectivity index (χ3v) is 9.61. The van der Waals surface area contributed by atoms with Crippen molar-refractivity contribution in [3.05, 3.63) is 48.5 Å². The minimum absolute atomic E-state index is 0.0443. The van der Waals surface area contributed by atoms with Crippen molar-refractivity contribution < 1.29 is 19.7 Å². The first-order valence-corrected chi connectivity index (χ1v) is 16.3. The van der Waals surface area contributed by atoms with Crippen LogP contribution in [-0.2, 0) is 4.74 Å². The fraction of sp³-hybridized carbons (Fsp3) is 0.515. The highest BCUT2D eigenvalue weighted by Gasteiger charge is 2.38. The van der Waals surface area contributed by atoms with E-state index < -0.39 is 0 Å². The fourth-order valence-electron chi connectivity index (χ4n) is 6.98. The van der Waals surface area contributed by atoms with E-state index in [4.69, 9.17) is 19.7 Å². The molecule has 2 aromatic carbocycles. The molecular weight excluding hydrogens is 586 g/mol. The van der Waals surface area contributed by atoms with Crippen LogP contribution in [0.2, 0.25) is 0 Å². The number of ether oxygens (including phenoxy) is 1. The Hall–Kier alpha value is -4.04. The summed E-state index contributed by atoms with van der Waals surface area (Å²) in [5.41, 5.74) is 3.28. The SMILES string of the molecule is CN1CCN(c2ccc(NC(=O)Nc3ccc(-c4nc(N5CC6CCC(C5)O6)nc(N5[C@H](CO)CC[C@@H]5CO)n4)cc3)cc2)CC1. The molecule has 0 radical (unpaired) electrons. The Morgan fingerprint density at radius 2 is 1.33 bits per heavy atom. The van der Waals surface area contributed by atoms with Gasteiger partial charge in [-0.1, -0.05) is 0 Å². The van der Waals surface area contributed by atoms with Gasteiger partial charge in [0.25, 0.3) is 0 Å². The molecule has 4 aliphatic heterocycles. The minimum Gasteiger partial charge on any atom is -0.394 e. The second-order valence-electron chi connectivity index (χ2n) is 12.8. The van der Waals surface area contributed by atoms with Crippen molar-refractivity contribution in [2.45, 2.75) is 50.0 Å². The number of benzene rings is 2. The van der Waals surface area contributed by atoms with Crippen LogP contribution in [-0.4, -0.2) is 120 Å². The summed E-state index contributed by atoms with van der Waals surface area (Å²) in [5.74, 6) is 1.52. The lowest BCUT2D eigenvalue weighted by atomic mass is 10.2. The molecule has 0 spiro atoms. The van der Waals surface area contributed by atoms with Gasteiger partial charge in [-0.25, -0.2) is 4.79 Å². The quantitative estimate of drug-likeness (QED) is 0.292. The van der Waals surface area contributed by atoms with Gasteiger partial charge in [0.15, 0.2) is 5.82 Å². The van der Waals surface area contributed by atoms with Crippen LogP contribution in [0.4, 0.5) is 33.8 Å². The standard InChI is InChI=1S/C33H43N9O4/c1-39-14-16-40(17-15-39)25-8-6-24(7-9-25)35-33(45)34-23-4-2-22(3-5-23)30-36-31(41-18-28-12-13-29(19-41)46-28)38-32(37-30)42-26(20-43)10-11-27(42)21-44/h2-9,26-29,43-44H,10-21H2,1H3,(H2,34,35,45)/t26-,27+,28?,29?. The molecule has 2 bridgehead atoms. The fourth-order valence-corrected chi connectivity index (χ4v) is 6.98. The minimum atomic E-state index is -0.328. The van der Waals surface area contributed by atoms with Crippen LogP contribution in [0.1, 0.15) is 25.7 Å². The summed E-state index contributed by atoms with van der Waals surface area (Å²) in [6, 6.07) is 14.7. The van der Waals surface area contributed by atoms with Gasteiger partial charge in [0.05, 0.1) is 37.5 Å². The Morgan fingerprint density at radius 3 is 1.91 bits per heavy atom. The molecule has 4 atom stereocenters. The summed E-state index contributed by atoms with van der Waals surface area (Å²) in [6.45, 7) is 5.40. The van der Waals surface area contributed by atoms with Crippen LogP contribution in [0.5, 0.6) is 0 Å². The van der Waals surface area contributed by atoms with E-state index in [1.807, 2.05) is 53.4 Å². The summed E-state index contributed by atoms with van der Waals surface area (Å²) in [6.07, 6.45) is 3.89. The lowest BCUT2D eigenvalue weighted by Crippen LogP contribution is -2.45. The van der Waals surface area contributed by atoms with E-state index in [0.29, 0.717) is 36.5 Å². The van der Waals surface area contributed by atoms with Crippen molar-refractivity contribution >= 4 is 35.0 Å². The highest BCUT2D eigenvalue weighted by Crippen LogP contribution is 2.33. The average Bonchev–Trinajstić information content (AvgIpc) is 3.67. The average molecular weight is 630 g/mol. The Kier molecular flexibility index (Phi) is 8.89. The maximum atomic E-state index is 12.8. The number of hydrogen-bond acceptors (Lipinski definition) is 11. The number of amides is 2. The number of nitrogens with one attached hydrogen (secondary N) is 2. The molecule has 46 heavy (non-hydrogen) atoms. The largest absolute Gasteiger partial charge is 0.394 e. The number of anilines is 5. The summed E-state index contributed by atoms with van der Waals surface area (Å²) in [4.78, 5) is 36.2. The second-order valence-corrected chi connectivity index (χ2v) is 12.8. The van der Waals surface area contributed by atoms with Crippen molar-refractivity contribution in [2.24, 2.45) is 0 Å². The summed E-state index contributed by atoms with van der Waals surface area (Å²) >= 11 is 0. The first-order valence-electron chi connectivity index (χ1n) is 16.3. The zero-order valence-electron chi connectivity index (χ0n) is 26.3. The van der Waals surface area contributed by atoms with Crippen LogP contribution >= 0.6 is 0 Å². The number of rotatable bonds is 8. The van der Waals surface area contributed by atoms with Crippen LogP contribution in [0, 0.1) is 0 Å². The Morgan fingerprint density at radius 1 is 0.761 bits per heavy atom. The molecule has 7 rings (SSSR count). The Balaban J connectivity index is 1.06. The number of morpholine rings is 1. The molecule has 1 aromatic heterocycles. The molecular formula is C33H43N9O4. The van der Waals surface area contributed by atoms with Gasteiger partial charge in [-0.3, -0.25) is 0 Å². The van der Waals surface area contributed by atoms with Crippen LogP contribution in [0.3, 0.4) is 0 Å². The van der Waals surface area contributed by atoms with Crippen LogP contribution < -0.4 is 25.3 Å². The number of hydrogen-bond donors (Lipinski definition) is 4. The van der Waals surface area contributed by atoms with Gasteiger partial charge >= 0.3 is 6.03 Å². The lowest BCUT2D eigenvalue weighted by molar-refractivity contribution is 0.0299. The first-order chi connectivity index (χ1) is 22.4. The number of aliphatic hydroxyl groups is 2. The van der Waals surface area contributed by atoms with Crippen molar-refractivity contribution in [3.63, 3.8) is 0 Å². The molecule has 244 valence electrons. The number of nitrogens with zero attached hydrogens (tertiary/aromatic N) is 7. The molecule has 0 saturated carbocycles. The number of fused-ring (bicyclic) bond motifs is 2. The van der Waals surface area contributed by atoms with Crippen molar-refractivity contribution in [1.82, 2.24) is 19.9 Å². The molecule has 13 nitrogen and oxygen atoms in total. The highest BCUT2D eigenvalue weighted by atomic mass is 16.5. The van der Waals surface area contributed by atoms with Crippen molar-refractivity contribution in [1.29, 1.82) is 0 Å². The molecule has 2 unspecified atom stereocenters. The van der Waals surface area contributed by atoms with E-state index in [0.717, 1.165) is 68.8 Å². The van der Waals surface area contributed by atoms with Gasteiger partial charge in [0, 0.05) is 61.9 Å². The smallest absolute Gasteiger partial charge is 0.323 e. The van der Waals surface area contributed by atoms with E-state index >= 15 is 0 Å². The predicted octanol–water partition coefficient (Wildman–Crippen LogP) is 2.62. The molecule has 4 saturated heterocycles. The van der Waals surface area contributed by atoms with Crippen LogP contribution in [0.25, 0.3) is 11.4 Å². The number of aliphatic hydroxyl groups excluding tert-OH is 2. The van der Waals surface area contributed by atoms with E-state index in [9.17, 15) is 15.0 Å². The van der Waals surface area contributed by atoms with Crippen molar-refractivity contribution in [2.75, 3.05) is 84.9 Å². The normalized spacial score (nSPS) is 24.8. The highest BCUT2D eigenvalue weighted by molar-refractivity contribution is 5.99. The molecule has 0 aliphatic carbocycles. The van der Waals surface area contributed by atoms with Crippen molar-refractivity contribution in [3.8, 4) is 11.4 Å². The topological polar surface area (TPSA) is 142 Å². The third-order valence-electron chi connectivity index (χ3n) is 9.61. The van der Waals surface area contributed by atoms with Crippen LogP contribution in [0.15, 0.2) is 48.5 Å². The molecule has 13 heteroatoms. The number of carbonyl (C=O) groups excluding carboxylic acids is 1. The van der Waals surface area contributed by atoms with Gasteiger partial charge < -0.3 is 45.2 Å². The summed E-state index contributed by atoms with van der Waals surface area (Å²) in [7, 11) is 2.14. The third kappa shape index (κ3) is 6.59. The lowest BCUT2D eigenvalue weighted by Gasteiger charge is -2.34. The van der Waals surface area contributed by atoms with Gasteiger partial charge in [0.1, 0.15) is 0 Å². The number of piperazine rings is 1. The number of carbonyl (C=O) groups is 1. The zero-order valence-corrected chi connectivity index (χ0v) is 26.3. The maximum absolute atomic E-state index is 12.8. The molecule has 3 aromatic rings. The number of likely N-dealkylation sites (N-methyl/N-ethyl adjacent to an activating group) is 1. The molecule has 4 N–H and O–H groups in total. The zero-order chi connectivity index (χ0) is 31.6. The number of urea groups is 1. The second kappa shape index (κ2) is 13.4. The molecule has 5 heterocycles. The van der Waals surface area contributed by atoms with Gasteiger partial charge in [-0.05, 0) is 81.3 Å². The first kappa shape index (κ1) is 30.6. The van der Waals surface area contributed by atoms with Gasteiger partial charge in [0.2, 0.25) is 11.9 Å². The maximum Gasteiger partial charge on any atom is 0.323 e. The van der Waals surface area contributed by atoms with Gasteiger partial charge in [-0.2, -0.15) is 15.0 Å². The van der Waals surface area contributed by atoms with E-state index in [1.165, 1.54) is 0 Å². The molecule has 2 amide bonds. The van der Waals surface area contributed by atoms with E-state index in [-0.39, 0.29) is 43.5 Å². The predicted molar refractivity (Wildman–Crippen MR) is 178 cm³/mol. The molecule has 4 fully saturated rings. The summed E-state index contributed by atoms with van der Waals surface area (Å²) in [5, 5.41) is 26.0. The Labute approximate surface area is 269 Å². The monoisotopic (exact) mass is 629 g/mol. The van der Waals surface area contributed by atoms with E-state index in [1.54, 1.807) is 0 Å². The summed E-state index contributed by atoms with van der Waals surface area (Å²) < 4.78 is 6.05. The Bertz CT molecular complexity index is 1480. The van der Waals surface area contributed by atoms with E-state index in [2.05, 4.69) is 32.4 Å². The van der Waals surface area contributed by atoms with Gasteiger partial charge in [-0.15, -0.1) is 0 Å².